The number of nitrogens with zero attached hydrogens (tertiary/aromatic N) is 3. The highest BCUT2D eigenvalue weighted by atomic mass is 16.3. The monoisotopic (exact) mass is 315 g/mol. The molecular formula is C17H21N3O3. The van der Waals surface area contributed by atoms with Crippen molar-refractivity contribution in [1.29, 1.82) is 0 Å². The van der Waals surface area contributed by atoms with E-state index in [1.807, 2.05) is 35.4 Å². The standard InChI is InChI=1S/C17H21N3O3/c1-13-5-6-14(2)20(13)12-16(21)18-7-9-19(10-8-18)17(22)15-4-3-11-23-15/h3-6,11H,7-10,12H2,1-2H3. The van der Waals surface area contributed by atoms with Crippen LogP contribution in [0, 0.1) is 13.8 Å². The smallest absolute Gasteiger partial charge is 0.289 e. The van der Waals surface area contributed by atoms with Gasteiger partial charge < -0.3 is 18.8 Å². The minimum atomic E-state index is -0.112. The Labute approximate surface area is 135 Å². The van der Waals surface area contributed by atoms with E-state index in [4.69, 9.17) is 4.42 Å². The van der Waals surface area contributed by atoms with E-state index >= 15 is 0 Å². The second-order valence-electron chi connectivity index (χ2n) is 5.85. The van der Waals surface area contributed by atoms with Gasteiger partial charge in [-0.2, -0.15) is 0 Å². The molecule has 2 aromatic heterocycles. The number of aromatic nitrogens is 1. The van der Waals surface area contributed by atoms with Gasteiger partial charge in [0.05, 0.1) is 6.26 Å². The van der Waals surface area contributed by atoms with Crippen molar-refractivity contribution < 1.29 is 14.0 Å². The molecule has 6 heteroatoms. The van der Waals surface area contributed by atoms with Gasteiger partial charge in [-0.1, -0.05) is 0 Å². The fraction of sp³-hybridized carbons (Fsp3) is 0.412. The van der Waals surface area contributed by atoms with Crippen molar-refractivity contribution in [3.63, 3.8) is 0 Å². The molecule has 122 valence electrons. The molecule has 0 aromatic carbocycles. The van der Waals surface area contributed by atoms with E-state index in [2.05, 4.69) is 0 Å². The Balaban J connectivity index is 1.56. The number of carbonyl (C=O) groups is 2. The van der Waals surface area contributed by atoms with Crippen molar-refractivity contribution in [1.82, 2.24) is 14.4 Å². The van der Waals surface area contributed by atoms with Crippen LogP contribution in [0.25, 0.3) is 0 Å². The molecule has 1 saturated heterocycles. The van der Waals surface area contributed by atoms with E-state index in [1.165, 1.54) is 6.26 Å². The average Bonchev–Trinajstić information content (AvgIpc) is 3.20. The molecule has 3 heterocycles. The van der Waals surface area contributed by atoms with Crippen LogP contribution >= 0.6 is 0 Å². The summed E-state index contributed by atoms with van der Waals surface area (Å²) in [4.78, 5) is 28.2. The molecule has 2 amide bonds. The van der Waals surface area contributed by atoms with Crippen molar-refractivity contribution in [2.45, 2.75) is 20.4 Å². The van der Waals surface area contributed by atoms with Gasteiger partial charge in [-0.05, 0) is 38.1 Å². The maximum absolute atomic E-state index is 12.5. The predicted molar refractivity (Wildman–Crippen MR) is 85.1 cm³/mol. The molecule has 0 radical (unpaired) electrons. The first kappa shape index (κ1) is 15.4. The van der Waals surface area contributed by atoms with Crippen LogP contribution in [0.15, 0.2) is 34.9 Å². The predicted octanol–water partition coefficient (Wildman–Crippen LogP) is 1.68. The van der Waals surface area contributed by atoms with Crippen LogP contribution in [0.1, 0.15) is 21.9 Å². The Morgan fingerprint density at radius 3 is 2.17 bits per heavy atom. The Bertz CT molecular complexity index is 675. The fourth-order valence-electron chi connectivity index (χ4n) is 2.90. The molecule has 0 spiro atoms. The zero-order valence-electron chi connectivity index (χ0n) is 13.5. The van der Waals surface area contributed by atoms with E-state index in [9.17, 15) is 9.59 Å². The van der Waals surface area contributed by atoms with E-state index in [0.29, 0.717) is 38.5 Å². The minimum Gasteiger partial charge on any atom is -0.459 e. The zero-order valence-corrected chi connectivity index (χ0v) is 13.5. The summed E-state index contributed by atoms with van der Waals surface area (Å²) in [5, 5.41) is 0. The van der Waals surface area contributed by atoms with Crippen molar-refractivity contribution >= 4 is 11.8 Å². The SMILES string of the molecule is Cc1ccc(C)n1CC(=O)N1CCN(C(=O)c2ccco2)CC1. The van der Waals surface area contributed by atoms with E-state index < -0.39 is 0 Å². The molecular weight excluding hydrogens is 294 g/mol. The molecule has 0 N–H and O–H groups in total. The molecule has 2 aromatic rings. The lowest BCUT2D eigenvalue weighted by atomic mass is 10.2. The number of carbonyl (C=O) groups excluding carboxylic acids is 2. The molecule has 23 heavy (non-hydrogen) atoms. The van der Waals surface area contributed by atoms with E-state index in [1.54, 1.807) is 17.0 Å². The normalized spacial score (nSPS) is 15.0. The third kappa shape index (κ3) is 3.16. The average molecular weight is 315 g/mol. The van der Waals surface area contributed by atoms with Crippen LogP contribution < -0.4 is 0 Å². The molecule has 0 unspecified atom stereocenters. The number of amides is 2. The van der Waals surface area contributed by atoms with Gasteiger partial charge in [-0.15, -0.1) is 0 Å². The number of rotatable bonds is 3. The van der Waals surface area contributed by atoms with Crippen LogP contribution in [0.4, 0.5) is 0 Å². The number of piperazine rings is 1. The third-order valence-electron chi connectivity index (χ3n) is 4.36. The maximum atomic E-state index is 12.5. The van der Waals surface area contributed by atoms with Gasteiger partial charge in [0, 0.05) is 37.6 Å². The molecule has 0 bridgehead atoms. The first-order valence-corrected chi connectivity index (χ1v) is 7.79. The van der Waals surface area contributed by atoms with Crippen LogP contribution in [0.2, 0.25) is 0 Å². The summed E-state index contributed by atoms with van der Waals surface area (Å²) in [5.41, 5.74) is 2.17. The fourth-order valence-corrected chi connectivity index (χ4v) is 2.90. The van der Waals surface area contributed by atoms with Gasteiger partial charge in [-0.25, -0.2) is 0 Å². The van der Waals surface area contributed by atoms with Gasteiger partial charge in [0.1, 0.15) is 6.54 Å². The van der Waals surface area contributed by atoms with Gasteiger partial charge in [-0.3, -0.25) is 9.59 Å². The summed E-state index contributed by atoms with van der Waals surface area (Å²) in [5.74, 6) is 0.333. The lowest BCUT2D eigenvalue weighted by Crippen LogP contribution is -2.51. The summed E-state index contributed by atoms with van der Waals surface area (Å²) in [6, 6.07) is 7.40. The van der Waals surface area contributed by atoms with Gasteiger partial charge in [0.2, 0.25) is 5.91 Å². The number of furan rings is 1. The molecule has 1 aliphatic heterocycles. The zero-order chi connectivity index (χ0) is 16.4. The molecule has 1 aliphatic rings. The van der Waals surface area contributed by atoms with Crippen LogP contribution in [-0.2, 0) is 11.3 Å². The Morgan fingerprint density at radius 2 is 1.61 bits per heavy atom. The summed E-state index contributed by atoms with van der Waals surface area (Å²) >= 11 is 0. The van der Waals surface area contributed by atoms with Crippen LogP contribution in [0.3, 0.4) is 0 Å². The van der Waals surface area contributed by atoms with Crippen LogP contribution in [0.5, 0.6) is 0 Å². The largest absolute Gasteiger partial charge is 0.459 e. The lowest BCUT2D eigenvalue weighted by Gasteiger charge is -2.34. The van der Waals surface area contributed by atoms with Crippen molar-refractivity contribution in [2.24, 2.45) is 0 Å². The summed E-state index contributed by atoms with van der Waals surface area (Å²) in [6.45, 7) is 6.55. The molecule has 0 saturated carbocycles. The third-order valence-corrected chi connectivity index (χ3v) is 4.36. The molecule has 0 aliphatic carbocycles. The van der Waals surface area contributed by atoms with Crippen LogP contribution in [-0.4, -0.2) is 52.4 Å². The van der Waals surface area contributed by atoms with Crippen molar-refractivity contribution in [3.05, 3.63) is 47.7 Å². The molecule has 3 rings (SSSR count). The highest BCUT2D eigenvalue weighted by Gasteiger charge is 2.26. The molecule has 6 nitrogen and oxygen atoms in total. The van der Waals surface area contributed by atoms with Crippen molar-refractivity contribution in [2.75, 3.05) is 26.2 Å². The van der Waals surface area contributed by atoms with Gasteiger partial charge in [0.25, 0.3) is 5.91 Å². The molecule has 1 fully saturated rings. The Hall–Kier alpha value is -2.50. The number of hydrogen-bond acceptors (Lipinski definition) is 3. The van der Waals surface area contributed by atoms with E-state index in [-0.39, 0.29) is 11.8 Å². The highest BCUT2D eigenvalue weighted by molar-refractivity contribution is 5.91. The first-order valence-electron chi connectivity index (χ1n) is 7.79. The second kappa shape index (κ2) is 6.32. The summed E-state index contributed by atoms with van der Waals surface area (Å²) in [7, 11) is 0. The van der Waals surface area contributed by atoms with Crippen molar-refractivity contribution in [3.8, 4) is 0 Å². The Kier molecular flexibility index (Phi) is 4.23. The van der Waals surface area contributed by atoms with Gasteiger partial charge >= 0.3 is 0 Å². The number of aryl methyl sites for hydroxylation is 2. The minimum absolute atomic E-state index is 0.0949. The highest BCUT2D eigenvalue weighted by Crippen LogP contribution is 2.12. The molecule has 0 atom stereocenters. The second-order valence-corrected chi connectivity index (χ2v) is 5.85. The van der Waals surface area contributed by atoms with E-state index in [0.717, 1.165) is 11.4 Å². The Morgan fingerprint density at radius 1 is 1.00 bits per heavy atom. The van der Waals surface area contributed by atoms with Gasteiger partial charge in [0.15, 0.2) is 5.76 Å². The summed E-state index contributed by atoms with van der Waals surface area (Å²) in [6.07, 6.45) is 1.49. The first-order chi connectivity index (χ1) is 11.1. The lowest BCUT2D eigenvalue weighted by molar-refractivity contribution is -0.133. The maximum Gasteiger partial charge on any atom is 0.289 e. The quantitative estimate of drug-likeness (QED) is 0.866. The number of hydrogen-bond donors (Lipinski definition) is 0. The topological polar surface area (TPSA) is 58.7 Å². The summed E-state index contributed by atoms with van der Waals surface area (Å²) < 4.78 is 7.16.